The zero-order valence-electron chi connectivity index (χ0n) is 9.82. The number of rotatable bonds is 3. The second kappa shape index (κ2) is 4.58. The summed E-state index contributed by atoms with van der Waals surface area (Å²) in [5.41, 5.74) is 2.11. The molecular formula is C13H16O3. The van der Waals surface area contributed by atoms with Gasteiger partial charge in [0.05, 0.1) is 7.11 Å². The molecule has 1 aromatic rings. The second-order valence-corrected chi connectivity index (χ2v) is 3.67. The quantitative estimate of drug-likeness (QED) is 0.784. The summed E-state index contributed by atoms with van der Waals surface area (Å²) in [6.45, 7) is 4.58. The van der Waals surface area contributed by atoms with E-state index in [1.54, 1.807) is 7.11 Å². The van der Waals surface area contributed by atoms with Crippen LogP contribution in [0.4, 0.5) is 0 Å². The molecule has 86 valence electrons. The lowest BCUT2D eigenvalue weighted by atomic mass is 10.1. The number of hydrogen-bond donors (Lipinski definition) is 0. The Morgan fingerprint density at radius 2 is 2.19 bits per heavy atom. The summed E-state index contributed by atoms with van der Waals surface area (Å²) < 4.78 is 16.6. The molecule has 3 nitrogen and oxygen atoms in total. The van der Waals surface area contributed by atoms with Crippen molar-refractivity contribution in [2.45, 2.75) is 20.1 Å². The van der Waals surface area contributed by atoms with Gasteiger partial charge in [-0.1, -0.05) is 12.1 Å². The molecule has 1 aliphatic heterocycles. The number of hydrogen-bond acceptors (Lipinski definition) is 3. The molecule has 1 atom stereocenters. The summed E-state index contributed by atoms with van der Waals surface area (Å²) >= 11 is 0. The van der Waals surface area contributed by atoms with Gasteiger partial charge in [0.1, 0.15) is 0 Å². The Morgan fingerprint density at radius 1 is 1.38 bits per heavy atom. The second-order valence-electron chi connectivity index (χ2n) is 3.67. The molecule has 2 rings (SSSR count). The normalized spacial score (nSPS) is 18.4. The van der Waals surface area contributed by atoms with Crippen LogP contribution in [0.3, 0.4) is 0 Å². The van der Waals surface area contributed by atoms with Crippen LogP contribution in [0.25, 0.3) is 6.08 Å². The lowest BCUT2D eigenvalue weighted by Crippen LogP contribution is -2.25. The highest BCUT2D eigenvalue weighted by Gasteiger charge is 2.22. The van der Waals surface area contributed by atoms with E-state index in [4.69, 9.17) is 14.2 Å². The fourth-order valence-electron chi connectivity index (χ4n) is 1.76. The largest absolute Gasteiger partial charge is 0.493 e. The van der Waals surface area contributed by atoms with E-state index in [1.165, 1.54) is 0 Å². The summed E-state index contributed by atoms with van der Waals surface area (Å²) in [6.07, 6.45) is 1.77. The summed E-state index contributed by atoms with van der Waals surface area (Å²) in [4.78, 5) is 0. The van der Waals surface area contributed by atoms with E-state index >= 15 is 0 Å². The molecule has 0 spiro atoms. The Bertz CT molecular complexity index is 410. The van der Waals surface area contributed by atoms with Gasteiger partial charge < -0.3 is 14.2 Å². The summed E-state index contributed by atoms with van der Waals surface area (Å²) in [5, 5.41) is 0. The number of ether oxygens (including phenoxy) is 3. The maximum Gasteiger partial charge on any atom is 0.222 e. The highest BCUT2D eigenvalue weighted by atomic mass is 16.7. The molecule has 1 unspecified atom stereocenters. The van der Waals surface area contributed by atoms with Crippen LogP contribution in [0.15, 0.2) is 23.8 Å². The predicted molar refractivity (Wildman–Crippen MR) is 62.7 cm³/mol. The van der Waals surface area contributed by atoms with Crippen molar-refractivity contribution in [3.05, 3.63) is 29.3 Å². The number of para-hydroxylation sites is 1. The SMILES string of the molecule is CCOC1Oc2c(cccc2OC)C=C1C. The Balaban J connectivity index is 2.38. The lowest BCUT2D eigenvalue weighted by Gasteiger charge is -2.26. The average Bonchev–Trinajstić information content (AvgIpc) is 2.29. The fourth-order valence-corrected chi connectivity index (χ4v) is 1.76. The lowest BCUT2D eigenvalue weighted by molar-refractivity contribution is -0.0507. The summed E-state index contributed by atoms with van der Waals surface area (Å²) in [7, 11) is 1.64. The summed E-state index contributed by atoms with van der Waals surface area (Å²) in [5.74, 6) is 1.50. The number of fused-ring (bicyclic) bond motifs is 1. The van der Waals surface area contributed by atoms with Crippen LogP contribution in [0.1, 0.15) is 19.4 Å². The van der Waals surface area contributed by atoms with E-state index < -0.39 is 0 Å². The molecule has 3 heteroatoms. The van der Waals surface area contributed by atoms with E-state index in [2.05, 4.69) is 6.08 Å². The maximum absolute atomic E-state index is 5.79. The molecule has 1 aliphatic rings. The highest BCUT2D eigenvalue weighted by Crippen LogP contribution is 2.37. The molecule has 0 N–H and O–H groups in total. The first-order valence-electron chi connectivity index (χ1n) is 5.39. The Labute approximate surface area is 95.6 Å². The molecule has 0 aliphatic carbocycles. The van der Waals surface area contributed by atoms with Crippen molar-refractivity contribution in [2.24, 2.45) is 0 Å². The smallest absolute Gasteiger partial charge is 0.222 e. The number of benzene rings is 1. The molecule has 1 aromatic carbocycles. The van der Waals surface area contributed by atoms with Crippen LogP contribution in [0.5, 0.6) is 11.5 Å². The minimum atomic E-state index is -0.297. The first-order valence-corrected chi connectivity index (χ1v) is 5.39. The Hall–Kier alpha value is -1.48. The van der Waals surface area contributed by atoms with Crippen LogP contribution in [-0.4, -0.2) is 20.0 Å². The van der Waals surface area contributed by atoms with Gasteiger partial charge in [-0.05, 0) is 31.6 Å². The molecule has 0 fully saturated rings. The first-order chi connectivity index (χ1) is 7.76. The topological polar surface area (TPSA) is 27.7 Å². The first kappa shape index (κ1) is 11.0. The minimum absolute atomic E-state index is 0.297. The van der Waals surface area contributed by atoms with E-state index in [0.717, 1.165) is 22.6 Å². The standard InChI is InChI=1S/C13H16O3/c1-4-15-13-9(2)8-10-6-5-7-11(14-3)12(10)16-13/h5-8,13H,4H2,1-3H3. The van der Waals surface area contributed by atoms with Crippen LogP contribution in [0.2, 0.25) is 0 Å². The molecule has 0 bridgehead atoms. The van der Waals surface area contributed by atoms with E-state index in [9.17, 15) is 0 Å². The van der Waals surface area contributed by atoms with Crippen molar-refractivity contribution in [1.82, 2.24) is 0 Å². The van der Waals surface area contributed by atoms with Gasteiger partial charge in [-0.15, -0.1) is 0 Å². The van der Waals surface area contributed by atoms with Gasteiger partial charge in [0.25, 0.3) is 0 Å². The van der Waals surface area contributed by atoms with Gasteiger partial charge in [-0.3, -0.25) is 0 Å². The molecule has 1 heterocycles. The van der Waals surface area contributed by atoms with Crippen LogP contribution < -0.4 is 9.47 Å². The van der Waals surface area contributed by atoms with E-state index in [-0.39, 0.29) is 6.29 Å². The zero-order chi connectivity index (χ0) is 11.5. The highest BCUT2D eigenvalue weighted by molar-refractivity contribution is 5.66. The van der Waals surface area contributed by atoms with Crippen LogP contribution in [-0.2, 0) is 4.74 Å². The van der Waals surface area contributed by atoms with Gasteiger partial charge in [-0.25, -0.2) is 0 Å². The average molecular weight is 220 g/mol. The molecule has 0 saturated heterocycles. The maximum atomic E-state index is 5.79. The van der Waals surface area contributed by atoms with Crippen molar-refractivity contribution in [3.8, 4) is 11.5 Å². The van der Waals surface area contributed by atoms with Crippen molar-refractivity contribution >= 4 is 6.08 Å². The minimum Gasteiger partial charge on any atom is -0.493 e. The molecule has 0 aromatic heterocycles. The molecule has 0 saturated carbocycles. The third kappa shape index (κ3) is 1.91. The van der Waals surface area contributed by atoms with E-state index in [1.807, 2.05) is 32.0 Å². The zero-order valence-corrected chi connectivity index (χ0v) is 9.82. The van der Waals surface area contributed by atoms with Crippen LogP contribution >= 0.6 is 0 Å². The van der Waals surface area contributed by atoms with Gasteiger partial charge in [0.2, 0.25) is 6.29 Å². The molecule has 16 heavy (non-hydrogen) atoms. The molecule has 0 radical (unpaired) electrons. The molecular weight excluding hydrogens is 204 g/mol. The summed E-state index contributed by atoms with van der Waals surface area (Å²) in [6, 6.07) is 5.84. The van der Waals surface area contributed by atoms with Gasteiger partial charge in [0, 0.05) is 12.2 Å². The number of methoxy groups -OCH3 is 1. The predicted octanol–water partition coefficient (Wildman–Crippen LogP) is 2.85. The molecule has 0 amide bonds. The third-order valence-electron chi connectivity index (χ3n) is 2.53. The van der Waals surface area contributed by atoms with Gasteiger partial charge >= 0.3 is 0 Å². The van der Waals surface area contributed by atoms with E-state index in [0.29, 0.717) is 6.61 Å². The Kier molecular flexibility index (Phi) is 3.15. The van der Waals surface area contributed by atoms with Crippen molar-refractivity contribution in [3.63, 3.8) is 0 Å². The third-order valence-corrected chi connectivity index (χ3v) is 2.53. The fraction of sp³-hybridized carbons (Fsp3) is 0.385. The monoisotopic (exact) mass is 220 g/mol. The van der Waals surface area contributed by atoms with Crippen molar-refractivity contribution < 1.29 is 14.2 Å². The van der Waals surface area contributed by atoms with Gasteiger partial charge in [0.15, 0.2) is 11.5 Å². The Morgan fingerprint density at radius 3 is 2.88 bits per heavy atom. The van der Waals surface area contributed by atoms with Gasteiger partial charge in [-0.2, -0.15) is 0 Å². The van der Waals surface area contributed by atoms with Crippen LogP contribution in [0, 0.1) is 0 Å². The van der Waals surface area contributed by atoms with Crippen molar-refractivity contribution in [2.75, 3.05) is 13.7 Å². The van der Waals surface area contributed by atoms with Crippen molar-refractivity contribution in [1.29, 1.82) is 0 Å².